The maximum Gasteiger partial charge on any atom is 0.304 e. The van der Waals surface area contributed by atoms with E-state index in [2.05, 4.69) is 0 Å². The molecule has 5 heteroatoms. The largest absolute Gasteiger partial charge is 0.481 e. The van der Waals surface area contributed by atoms with Crippen molar-refractivity contribution in [1.82, 2.24) is 0 Å². The summed E-state index contributed by atoms with van der Waals surface area (Å²) in [7, 11) is 0. The second kappa shape index (κ2) is 7.17. The molecule has 0 amide bonds. The van der Waals surface area contributed by atoms with Crippen molar-refractivity contribution in [1.29, 1.82) is 0 Å². The minimum absolute atomic E-state index is 0.0253. The van der Waals surface area contributed by atoms with Gasteiger partial charge >= 0.3 is 5.97 Å². The van der Waals surface area contributed by atoms with Gasteiger partial charge in [0.1, 0.15) is 0 Å². The third kappa shape index (κ3) is 6.86. The van der Waals surface area contributed by atoms with Crippen LogP contribution in [0, 0.1) is 5.92 Å². The molecule has 0 aromatic rings. The molecular formula is C8H18N2O2S. The Morgan fingerprint density at radius 1 is 1.62 bits per heavy atom. The van der Waals surface area contributed by atoms with E-state index >= 15 is 0 Å². The Morgan fingerprint density at radius 2 is 2.23 bits per heavy atom. The minimum atomic E-state index is -0.747. The van der Waals surface area contributed by atoms with Crippen molar-refractivity contribution < 1.29 is 9.90 Å². The van der Waals surface area contributed by atoms with Crippen LogP contribution >= 0.6 is 11.8 Å². The third-order valence-corrected chi connectivity index (χ3v) is 3.10. The van der Waals surface area contributed by atoms with Crippen molar-refractivity contribution in [3.8, 4) is 0 Å². The van der Waals surface area contributed by atoms with Gasteiger partial charge in [0.05, 0.1) is 6.42 Å². The molecule has 0 aromatic carbocycles. The van der Waals surface area contributed by atoms with Crippen LogP contribution in [0.15, 0.2) is 0 Å². The Kier molecular flexibility index (Phi) is 7.03. The van der Waals surface area contributed by atoms with Gasteiger partial charge in [-0.2, -0.15) is 11.8 Å². The fourth-order valence-electron chi connectivity index (χ4n) is 0.785. The van der Waals surface area contributed by atoms with Gasteiger partial charge in [0.15, 0.2) is 0 Å². The molecule has 4 nitrogen and oxygen atoms in total. The summed E-state index contributed by atoms with van der Waals surface area (Å²) in [6.07, 6.45) is 0.218. The summed E-state index contributed by atoms with van der Waals surface area (Å²) in [6.45, 7) is 2.52. The monoisotopic (exact) mass is 206 g/mol. The van der Waals surface area contributed by atoms with Crippen LogP contribution in [0.4, 0.5) is 0 Å². The number of rotatable bonds is 7. The molecule has 0 aliphatic rings. The lowest BCUT2D eigenvalue weighted by molar-refractivity contribution is -0.136. The highest BCUT2D eigenvalue weighted by Gasteiger charge is 2.10. The third-order valence-electron chi connectivity index (χ3n) is 1.84. The summed E-state index contributed by atoms with van der Waals surface area (Å²) >= 11 is 1.62. The van der Waals surface area contributed by atoms with Crippen LogP contribution in [0.1, 0.15) is 13.3 Å². The first-order valence-electron chi connectivity index (χ1n) is 4.33. The molecule has 0 saturated heterocycles. The van der Waals surface area contributed by atoms with Gasteiger partial charge in [0.25, 0.3) is 0 Å². The Balaban J connectivity index is 3.36. The summed E-state index contributed by atoms with van der Waals surface area (Å²) in [5.74, 6) is 1.13. The molecule has 0 aromatic heterocycles. The van der Waals surface area contributed by atoms with Crippen LogP contribution in [0.2, 0.25) is 0 Å². The number of thioether (sulfide) groups is 1. The molecular weight excluding hydrogens is 188 g/mol. The predicted molar refractivity (Wildman–Crippen MR) is 55.8 cm³/mol. The van der Waals surface area contributed by atoms with Crippen LogP contribution in [-0.2, 0) is 4.79 Å². The summed E-state index contributed by atoms with van der Waals surface area (Å²) in [5, 5.41) is 8.38. The molecule has 0 rings (SSSR count). The quantitative estimate of drug-likeness (QED) is 0.515. The van der Waals surface area contributed by atoms with Gasteiger partial charge in [-0.25, -0.2) is 0 Å². The van der Waals surface area contributed by atoms with Crippen molar-refractivity contribution in [2.75, 3.05) is 18.1 Å². The van der Waals surface area contributed by atoms with Crippen LogP contribution in [0.5, 0.6) is 0 Å². The van der Waals surface area contributed by atoms with Crippen molar-refractivity contribution in [2.45, 2.75) is 19.4 Å². The number of hydrogen-bond acceptors (Lipinski definition) is 4. The van der Waals surface area contributed by atoms with E-state index in [1.165, 1.54) is 0 Å². The number of carboxylic acids is 1. The van der Waals surface area contributed by atoms with Crippen molar-refractivity contribution >= 4 is 17.7 Å². The van der Waals surface area contributed by atoms with E-state index in [1.807, 2.05) is 6.92 Å². The van der Waals surface area contributed by atoms with Crippen LogP contribution in [0.3, 0.4) is 0 Å². The van der Waals surface area contributed by atoms with Gasteiger partial charge in [0, 0.05) is 18.3 Å². The molecule has 0 aliphatic heterocycles. The molecule has 2 atom stereocenters. The molecule has 78 valence electrons. The number of aliphatic carboxylic acids is 1. The molecule has 0 bridgehead atoms. The molecule has 0 spiro atoms. The van der Waals surface area contributed by atoms with Crippen LogP contribution < -0.4 is 11.5 Å². The smallest absolute Gasteiger partial charge is 0.304 e. The Labute approximate surface area is 83.1 Å². The zero-order chi connectivity index (χ0) is 10.3. The maximum atomic E-state index is 10.2. The SMILES string of the molecule is CC(CSCCC(=O)O)C(N)CN. The molecule has 0 aliphatic carbocycles. The first-order chi connectivity index (χ1) is 6.07. The highest BCUT2D eigenvalue weighted by Crippen LogP contribution is 2.11. The Hall–Kier alpha value is -0.260. The zero-order valence-corrected chi connectivity index (χ0v) is 8.72. The van der Waals surface area contributed by atoms with E-state index < -0.39 is 5.97 Å². The highest BCUT2D eigenvalue weighted by molar-refractivity contribution is 7.99. The summed E-state index contributed by atoms with van der Waals surface area (Å²) in [6, 6.07) is 0.0253. The molecule has 5 N–H and O–H groups in total. The van der Waals surface area contributed by atoms with Gasteiger partial charge in [-0.15, -0.1) is 0 Å². The van der Waals surface area contributed by atoms with Gasteiger partial charge in [-0.05, 0) is 11.7 Å². The van der Waals surface area contributed by atoms with E-state index in [0.717, 1.165) is 5.75 Å². The minimum Gasteiger partial charge on any atom is -0.481 e. The van der Waals surface area contributed by atoms with Crippen LogP contribution in [-0.4, -0.2) is 35.2 Å². The second-order valence-electron chi connectivity index (χ2n) is 3.10. The summed E-state index contributed by atoms with van der Waals surface area (Å²) in [4.78, 5) is 10.2. The summed E-state index contributed by atoms with van der Waals surface area (Å²) < 4.78 is 0. The topological polar surface area (TPSA) is 89.3 Å². The fraction of sp³-hybridized carbons (Fsp3) is 0.875. The van der Waals surface area contributed by atoms with Gasteiger partial charge < -0.3 is 16.6 Å². The van der Waals surface area contributed by atoms with Crippen molar-refractivity contribution in [2.24, 2.45) is 17.4 Å². The second-order valence-corrected chi connectivity index (χ2v) is 4.25. The summed E-state index contributed by atoms with van der Waals surface area (Å²) in [5.41, 5.74) is 11.1. The van der Waals surface area contributed by atoms with E-state index in [-0.39, 0.29) is 12.5 Å². The molecule has 2 unspecified atom stereocenters. The normalized spacial score (nSPS) is 15.3. The lowest BCUT2D eigenvalue weighted by atomic mass is 10.1. The molecule has 13 heavy (non-hydrogen) atoms. The lowest BCUT2D eigenvalue weighted by Gasteiger charge is -2.17. The zero-order valence-electron chi connectivity index (χ0n) is 7.90. The van der Waals surface area contributed by atoms with E-state index in [1.54, 1.807) is 11.8 Å². The first kappa shape index (κ1) is 12.7. The number of nitrogens with two attached hydrogens (primary N) is 2. The number of carbonyl (C=O) groups is 1. The fourth-order valence-corrected chi connectivity index (χ4v) is 1.89. The number of carboxylic acid groups (broad SMARTS) is 1. The van der Waals surface area contributed by atoms with Crippen molar-refractivity contribution in [3.63, 3.8) is 0 Å². The maximum absolute atomic E-state index is 10.2. The average molecular weight is 206 g/mol. The van der Waals surface area contributed by atoms with E-state index in [0.29, 0.717) is 18.2 Å². The lowest BCUT2D eigenvalue weighted by Crippen LogP contribution is -2.37. The van der Waals surface area contributed by atoms with Gasteiger partial charge in [-0.3, -0.25) is 4.79 Å². The van der Waals surface area contributed by atoms with Gasteiger partial charge in [0.2, 0.25) is 0 Å². The van der Waals surface area contributed by atoms with Crippen LogP contribution in [0.25, 0.3) is 0 Å². The first-order valence-corrected chi connectivity index (χ1v) is 5.48. The predicted octanol–water partition coefficient (Wildman–Crippen LogP) is 0.116. The van der Waals surface area contributed by atoms with E-state index in [9.17, 15) is 4.79 Å². The standard InChI is InChI=1S/C8H18N2O2S/c1-6(7(10)4-9)5-13-3-2-8(11)12/h6-7H,2-5,9-10H2,1H3,(H,11,12). The Bertz CT molecular complexity index is 155. The molecule has 0 heterocycles. The molecule has 0 saturated carbocycles. The average Bonchev–Trinajstić information content (AvgIpc) is 2.10. The van der Waals surface area contributed by atoms with Gasteiger partial charge in [-0.1, -0.05) is 6.92 Å². The van der Waals surface area contributed by atoms with E-state index in [4.69, 9.17) is 16.6 Å². The van der Waals surface area contributed by atoms with Crippen molar-refractivity contribution in [3.05, 3.63) is 0 Å². The number of hydrogen-bond donors (Lipinski definition) is 3. The molecule has 0 fully saturated rings. The highest BCUT2D eigenvalue weighted by atomic mass is 32.2. The Morgan fingerprint density at radius 3 is 2.69 bits per heavy atom. The molecule has 0 radical (unpaired) electrons.